The van der Waals surface area contributed by atoms with Crippen molar-refractivity contribution in [1.29, 1.82) is 0 Å². The molecule has 1 aromatic carbocycles. The molecule has 2 heterocycles. The third kappa shape index (κ3) is 4.18. The number of nitrogens with zero attached hydrogens (tertiary/aromatic N) is 2. The number of hydrogen-bond donors (Lipinski definition) is 2. The predicted molar refractivity (Wildman–Crippen MR) is 95.5 cm³/mol. The largest absolute Gasteiger partial charge is 0.353 e. The highest BCUT2D eigenvalue weighted by atomic mass is 19.1. The zero-order valence-electron chi connectivity index (χ0n) is 14.2. The normalized spacial score (nSPS) is 10.5. The van der Waals surface area contributed by atoms with Gasteiger partial charge in [0.05, 0.1) is 5.69 Å². The van der Waals surface area contributed by atoms with Crippen LogP contribution in [0.3, 0.4) is 0 Å². The molecule has 0 fully saturated rings. The molecule has 0 bridgehead atoms. The molecule has 0 aliphatic heterocycles. The average Bonchev–Trinajstić information content (AvgIpc) is 2.55. The monoisotopic (exact) mass is 354 g/mol. The Balaban J connectivity index is 1.91. The van der Waals surface area contributed by atoms with Gasteiger partial charge in [-0.3, -0.25) is 9.78 Å². The van der Waals surface area contributed by atoms with Crippen LogP contribution in [0.4, 0.5) is 25.8 Å². The molecule has 0 unspecified atom stereocenters. The van der Waals surface area contributed by atoms with Crippen molar-refractivity contribution in [2.75, 3.05) is 10.6 Å². The first kappa shape index (κ1) is 17.5. The van der Waals surface area contributed by atoms with Gasteiger partial charge in [0.1, 0.15) is 11.6 Å². The Morgan fingerprint density at radius 1 is 0.923 bits per heavy atom. The molecule has 0 radical (unpaired) electrons. The molecule has 0 atom stereocenters. The second kappa shape index (κ2) is 7.26. The van der Waals surface area contributed by atoms with Gasteiger partial charge in [-0.25, -0.2) is 13.8 Å². The van der Waals surface area contributed by atoms with E-state index in [0.717, 1.165) is 23.9 Å². The van der Waals surface area contributed by atoms with Gasteiger partial charge in [-0.15, -0.1) is 0 Å². The van der Waals surface area contributed by atoms with Crippen molar-refractivity contribution in [2.45, 2.75) is 13.8 Å². The Morgan fingerprint density at radius 3 is 2.35 bits per heavy atom. The van der Waals surface area contributed by atoms with Crippen molar-refractivity contribution < 1.29 is 13.6 Å². The van der Waals surface area contributed by atoms with E-state index in [2.05, 4.69) is 20.6 Å². The topological polar surface area (TPSA) is 66.9 Å². The van der Waals surface area contributed by atoms with E-state index in [0.29, 0.717) is 17.1 Å². The number of rotatable bonds is 4. The molecule has 5 nitrogen and oxygen atoms in total. The highest BCUT2D eigenvalue weighted by Gasteiger charge is 2.15. The van der Waals surface area contributed by atoms with E-state index < -0.39 is 17.5 Å². The van der Waals surface area contributed by atoms with Crippen LogP contribution in [0.5, 0.6) is 0 Å². The Hall–Kier alpha value is -3.35. The molecule has 0 aliphatic carbocycles. The van der Waals surface area contributed by atoms with Crippen molar-refractivity contribution in [3.05, 3.63) is 77.4 Å². The van der Waals surface area contributed by atoms with Gasteiger partial charge in [-0.1, -0.05) is 0 Å². The fourth-order valence-corrected chi connectivity index (χ4v) is 2.43. The molecule has 3 rings (SSSR count). The number of benzene rings is 1. The van der Waals surface area contributed by atoms with Crippen LogP contribution in [0.1, 0.15) is 21.9 Å². The van der Waals surface area contributed by atoms with Crippen molar-refractivity contribution in [2.24, 2.45) is 0 Å². The summed E-state index contributed by atoms with van der Waals surface area (Å²) >= 11 is 0. The summed E-state index contributed by atoms with van der Waals surface area (Å²) in [6, 6.07) is 9.77. The van der Waals surface area contributed by atoms with Gasteiger partial charge in [-0.2, -0.15) is 0 Å². The Labute approximate surface area is 149 Å². The summed E-state index contributed by atoms with van der Waals surface area (Å²) in [5.74, 6) is -1.88. The molecule has 2 N–H and O–H groups in total. The first-order valence-electron chi connectivity index (χ1n) is 7.85. The quantitative estimate of drug-likeness (QED) is 0.730. The van der Waals surface area contributed by atoms with Gasteiger partial charge in [0.15, 0.2) is 5.69 Å². The smallest absolute Gasteiger partial charge is 0.276 e. The SMILES string of the molecule is Cc1cc(NC(=O)c2nc(C)ccc2Nc2cc(F)cc(F)c2)ccn1. The number of aryl methyl sites for hydroxylation is 2. The van der Waals surface area contributed by atoms with Crippen molar-refractivity contribution in [3.63, 3.8) is 0 Å². The van der Waals surface area contributed by atoms with E-state index in [1.807, 2.05) is 6.92 Å². The number of amides is 1. The number of carbonyl (C=O) groups is 1. The third-order valence-corrected chi connectivity index (χ3v) is 3.55. The molecule has 0 saturated carbocycles. The number of aromatic nitrogens is 2. The minimum Gasteiger partial charge on any atom is -0.353 e. The molecule has 26 heavy (non-hydrogen) atoms. The van der Waals surface area contributed by atoms with Crippen LogP contribution in [0.2, 0.25) is 0 Å². The highest BCUT2D eigenvalue weighted by Crippen LogP contribution is 2.23. The van der Waals surface area contributed by atoms with Crippen LogP contribution in [0.15, 0.2) is 48.7 Å². The van der Waals surface area contributed by atoms with E-state index in [1.165, 1.54) is 0 Å². The van der Waals surface area contributed by atoms with Crippen LogP contribution < -0.4 is 10.6 Å². The standard InChI is InChI=1S/C19H16F2N4O/c1-11-3-4-17(24-16-9-13(20)8-14(21)10-16)18(23-11)19(26)25-15-5-6-22-12(2)7-15/h3-10,24H,1-2H3,(H,22,25,26). The minimum atomic E-state index is -0.717. The van der Waals surface area contributed by atoms with Gasteiger partial charge in [0.2, 0.25) is 0 Å². The van der Waals surface area contributed by atoms with Gasteiger partial charge < -0.3 is 10.6 Å². The second-order valence-electron chi connectivity index (χ2n) is 5.77. The van der Waals surface area contributed by atoms with Crippen LogP contribution in [0, 0.1) is 25.5 Å². The van der Waals surface area contributed by atoms with E-state index in [4.69, 9.17) is 0 Å². The van der Waals surface area contributed by atoms with E-state index in [1.54, 1.807) is 37.4 Å². The zero-order chi connectivity index (χ0) is 18.7. The van der Waals surface area contributed by atoms with Crippen LogP contribution in [-0.2, 0) is 0 Å². The number of halogens is 2. The van der Waals surface area contributed by atoms with E-state index in [9.17, 15) is 13.6 Å². The summed E-state index contributed by atoms with van der Waals surface area (Å²) in [7, 11) is 0. The summed E-state index contributed by atoms with van der Waals surface area (Å²) in [5.41, 5.74) is 2.61. The predicted octanol–water partition coefficient (Wildman–Crippen LogP) is 4.37. The van der Waals surface area contributed by atoms with Crippen molar-refractivity contribution in [1.82, 2.24) is 9.97 Å². The highest BCUT2D eigenvalue weighted by molar-refractivity contribution is 6.07. The first-order valence-corrected chi connectivity index (χ1v) is 7.85. The lowest BCUT2D eigenvalue weighted by Crippen LogP contribution is -2.16. The van der Waals surface area contributed by atoms with Gasteiger partial charge in [0, 0.05) is 35.0 Å². The lowest BCUT2D eigenvalue weighted by molar-refractivity contribution is 0.102. The summed E-state index contributed by atoms with van der Waals surface area (Å²) in [6.45, 7) is 3.56. The maximum Gasteiger partial charge on any atom is 0.276 e. The fraction of sp³-hybridized carbons (Fsp3) is 0.105. The Kier molecular flexibility index (Phi) is 4.88. The van der Waals surface area contributed by atoms with Crippen molar-refractivity contribution in [3.8, 4) is 0 Å². The molecule has 0 spiro atoms. The molecule has 1 amide bonds. The van der Waals surface area contributed by atoms with Crippen LogP contribution in [0.25, 0.3) is 0 Å². The number of carbonyl (C=O) groups excluding carboxylic acids is 1. The Morgan fingerprint density at radius 2 is 1.65 bits per heavy atom. The summed E-state index contributed by atoms with van der Waals surface area (Å²) in [4.78, 5) is 21.0. The summed E-state index contributed by atoms with van der Waals surface area (Å²) in [6.07, 6.45) is 1.59. The van der Waals surface area contributed by atoms with Gasteiger partial charge in [-0.05, 0) is 50.2 Å². The molecule has 0 aliphatic rings. The number of hydrogen-bond acceptors (Lipinski definition) is 4. The van der Waals surface area contributed by atoms with Crippen molar-refractivity contribution >= 4 is 23.0 Å². The Bertz CT molecular complexity index is 955. The molecule has 7 heteroatoms. The fourth-order valence-electron chi connectivity index (χ4n) is 2.43. The molecule has 132 valence electrons. The molecule has 3 aromatic rings. The molecule has 2 aromatic heterocycles. The van der Waals surface area contributed by atoms with Gasteiger partial charge in [0.25, 0.3) is 5.91 Å². The lowest BCUT2D eigenvalue weighted by Gasteiger charge is -2.13. The maximum atomic E-state index is 13.4. The van der Waals surface area contributed by atoms with Crippen LogP contribution >= 0.6 is 0 Å². The number of pyridine rings is 2. The zero-order valence-corrected chi connectivity index (χ0v) is 14.2. The van der Waals surface area contributed by atoms with E-state index in [-0.39, 0.29) is 11.4 Å². The number of nitrogens with one attached hydrogen (secondary N) is 2. The summed E-state index contributed by atoms with van der Waals surface area (Å²) < 4.78 is 26.8. The van der Waals surface area contributed by atoms with Gasteiger partial charge >= 0.3 is 0 Å². The molecule has 0 saturated heterocycles. The maximum absolute atomic E-state index is 13.4. The first-order chi connectivity index (χ1) is 12.4. The second-order valence-corrected chi connectivity index (χ2v) is 5.77. The number of anilines is 3. The molecular weight excluding hydrogens is 338 g/mol. The molecular formula is C19H16F2N4O. The average molecular weight is 354 g/mol. The van der Waals surface area contributed by atoms with E-state index >= 15 is 0 Å². The van der Waals surface area contributed by atoms with Crippen LogP contribution in [-0.4, -0.2) is 15.9 Å². The summed E-state index contributed by atoms with van der Waals surface area (Å²) in [5, 5.41) is 5.59. The minimum absolute atomic E-state index is 0.115. The lowest BCUT2D eigenvalue weighted by atomic mass is 10.2. The third-order valence-electron chi connectivity index (χ3n) is 3.55.